The highest BCUT2D eigenvalue weighted by atomic mass is 16.5. The maximum atomic E-state index is 12.8. The zero-order valence-electron chi connectivity index (χ0n) is 13.8. The summed E-state index contributed by atoms with van der Waals surface area (Å²) in [4.78, 5) is 16.6. The molecular weight excluding hydrogens is 288 g/mol. The number of hydrogen-bond donors (Lipinski definition) is 0. The summed E-state index contributed by atoms with van der Waals surface area (Å²) in [7, 11) is 3.94. The van der Waals surface area contributed by atoms with Crippen LogP contribution in [0.15, 0.2) is 54.6 Å². The van der Waals surface area contributed by atoms with Crippen molar-refractivity contribution in [1.82, 2.24) is 4.90 Å². The van der Waals surface area contributed by atoms with Crippen molar-refractivity contribution < 1.29 is 9.53 Å². The third kappa shape index (κ3) is 3.22. The van der Waals surface area contributed by atoms with Crippen LogP contribution in [0, 0.1) is 0 Å². The van der Waals surface area contributed by atoms with Crippen molar-refractivity contribution in [2.24, 2.45) is 0 Å². The van der Waals surface area contributed by atoms with E-state index in [9.17, 15) is 4.79 Å². The molecule has 0 aliphatic carbocycles. The highest BCUT2D eigenvalue weighted by Gasteiger charge is 2.34. The van der Waals surface area contributed by atoms with Crippen LogP contribution in [0.1, 0.15) is 28.9 Å². The van der Waals surface area contributed by atoms with Gasteiger partial charge in [-0.15, -0.1) is 0 Å². The van der Waals surface area contributed by atoms with Gasteiger partial charge < -0.3 is 14.5 Å². The van der Waals surface area contributed by atoms with Gasteiger partial charge in [0, 0.05) is 25.3 Å². The van der Waals surface area contributed by atoms with Crippen LogP contribution in [0.2, 0.25) is 0 Å². The van der Waals surface area contributed by atoms with E-state index in [1.807, 2.05) is 80.5 Å². The second-order valence-electron chi connectivity index (χ2n) is 6.04. The number of amides is 1. The lowest BCUT2D eigenvalue weighted by Crippen LogP contribution is -2.34. The molecule has 4 heteroatoms. The lowest BCUT2D eigenvalue weighted by Gasteiger charge is -2.20. The SMILES string of the molecule is CC1OC(c2ccccc2)CN1C(=O)c1cccc(N(C)C)c1. The fourth-order valence-electron chi connectivity index (χ4n) is 2.86. The number of carbonyl (C=O) groups excluding carboxylic acids is 1. The summed E-state index contributed by atoms with van der Waals surface area (Å²) >= 11 is 0. The molecule has 2 unspecified atom stereocenters. The maximum absolute atomic E-state index is 12.8. The quantitative estimate of drug-likeness (QED) is 0.872. The molecule has 1 heterocycles. The molecule has 2 aromatic rings. The molecule has 0 aromatic heterocycles. The molecule has 4 nitrogen and oxygen atoms in total. The van der Waals surface area contributed by atoms with Crippen molar-refractivity contribution in [3.63, 3.8) is 0 Å². The number of rotatable bonds is 3. The van der Waals surface area contributed by atoms with E-state index in [4.69, 9.17) is 4.74 Å². The molecule has 0 radical (unpaired) electrons. The van der Waals surface area contributed by atoms with Crippen molar-refractivity contribution in [1.29, 1.82) is 0 Å². The minimum absolute atomic E-state index is 0.0135. The summed E-state index contributed by atoms with van der Waals surface area (Å²) < 4.78 is 5.97. The molecule has 0 spiro atoms. The average Bonchev–Trinajstić information content (AvgIpc) is 2.97. The van der Waals surface area contributed by atoms with E-state index in [-0.39, 0.29) is 18.2 Å². The lowest BCUT2D eigenvalue weighted by atomic mass is 10.1. The van der Waals surface area contributed by atoms with Crippen LogP contribution in [0.25, 0.3) is 0 Å². The second-order valence-corrected chi connectivity index (χ2v) is 6.04. The Balaban J connectivity index is 1.79. The van der Waals surface area contributed by atoms with Gasteiger partial charge in [-0.25, -0.2) is 0 Å². The number of benzene rings is 2. The highest BCUT2D eigenvalue weighted by molar-refractivity contribution is 5.95. The highest BCUT2D eigenvalue weighted by Crippen LogP contribution is 2.30. The van der Waals surface area contributed by atoms with Crippen molar-refractivity contribution in [2.75, 3.05) is 25.5 Å². The molecule has 1 amide bonds. The van der Waals surface area contributed by atoms with E-state index in [2.05, 4.69) is 0 Å². The topological polar surface area (TPSA) is 32.8 Å². The second kappa shape index (κ2) is 6.42. The van der Waals surface area contributed by atoms with Crippen molar-refractivity contribution >= 4 is 11.6 Å². The fourth-order valence-corrected chi connectivity index (χ4v) is 2.86. The Kier molecular flexibility index (Phi) is 4.35. The largest absolute Gasteiger partial charge is 0.378 e. The third-order valence-corrected chi connectivity index (χ3v) is 4.20. The van der Waals surface area contributed by atoms with Gasteiger partial charge >= 0.3 is 0 Å². The molecule has 2 aromatic carbocycles. The van der Waals surface area contributed by atoms with E-state index in [0.717, 1.165) is 11.3 Å². The summed E-state index contributed by atoms with van der Waals surface area (Å²) in [5.74, 6) is 0.0135. The Morgan fingerprint density at radius 3 is 2.57 bits per heavy atom. The minimum atomic E-state index is -0.226. The molecular formula is C19H22N2O2. The predicted molar refractivity (Wildman–Crippen MR) is 91.5 cm³/mol. The van der Waals surface area contributed by atoms with Crippen LogP contribution >= 0.6 is 0 Å². The van der Waals surface area contributed by atoms with Crippen LogP contribution in [0.5, 0.6) is 0 Å². The molecule has 23 heavy (non-hydrogen) atoms. The Morgan fingerprint density at radius 2 is 1.87 bits per heavy atom. The molecule has 120 valence electrons. The van der Waals surface area contributed by atoms with Gasteiger partial charge in [0.25, 0.3) is 5.91 Å². The maximum Gasteiger partial charge on any atom is 0.256 e. The molecule has 0 N–H and O–H groups in total. The average molecular weight is 310 g/mol. The van der Waals surface area contributed by atoms with Gasteiger partial charge in [-0.05, 0) is 30.7 Å². The first-order valence-electron chi connectivity index (χ1n) is 7.85. The molecule has 0 bridgehead atoms. The van der Waals surface area contributed by atoms with Gasteiger partial charge in [0.15, 0.2) is 0 Å². The normalized spacial score (nSPS) is 20.6. The third-order valence-electron chi connectivity index (χ3n) is 4.20. The summed E-state index contributed by atoms with van der Waals surface area (Å²) in [5, 5.41) is 0. The molecule has 1 fully saturated rings. The smallest absolute Gasteiger partial charge is 0.256 e. The van der Waals surface area contributed by atoms with Gasteiger partial charge in [-0.1, -0.05) is 36.4 Å². The van der Waals surface area contributed by atoms with Crippen LogP contribution in [-0.4, -0.2) is 37.7 Å². The first-order valence-corrected chi connectivity index (χ1v) is 7.85. The molecule has 1 aliphatic rings. The Hall–Kier alpha value is -2.33. The number of ether oxygens (including phenoxy) is 1. The van der Waals surface area contributed by atoms with E-state index < -0.39 is 0 Å². The zero-order valence-corrected chi connectivity index (χ0v) is 13.8. The lowest BCUT2D eigenvalue weighted by molar-refractivity contribution is 0.0138. The Labute approximate surface area is 137 Å². The summed E-state index contributed by atoms with van der Waals surface area (Å²) in [6.07, 6.45) is -0.289. The van der Waals surface area contributed by atoms with E-state index >= 15 is 0 Å². The van der Waals surface area contributed by atoms with Gasteiger partial charge in [-0.2, -0.15) is 0 Å². The van der Waals surface area contributed by atoms with Gasteiger partial charge in [0.1, 0.15) is 12.3 Å². The number of carbonyl (C=O) groups is 1. The molecule has 3 rings (SSSR count). The van der Waals surface area contributed by atoms with Crippen molar-refractivity contribution in [3.05, 3.63) is 65.7 Å². The first kappa shape index (κ1) is 15.6. The monoisotopic (exact) mass is 310 g/mol. The minimum Gasteiger partial charge on any atom is -0.378 e. The van der Waals surface area contributed by atoms with Crippen LogP contribution in [0.4, 0.5) is 5.69 Å². The first-order chi connectivity index (χ1) is 11.1. The summed E-state index contributed by atoms with van der Waals surface area (Å²) in [5.41, 5.74) is 2.82. The molecule has 1 saturated heterocycles. The number of nitrogens with zero attached hydrogens (tertiary/aromatic N) is 2. The standard InChI is InChI=1S/C19H22N2O2/c1-14-21(13-18(23-14)15-8-5-4-6-9-15)19(22)16-10-7-11-17(12-16)20(2)3/h4-12,14,18H,13H2,1-3H3. The Bertz CT molecular complexity index is 685. The van der Waals surface area contributed by atoms with Crippen molar-refractivity contribution in [3.8, 4) is 0 Å². The molecule has 0 saturated carbocycles. The van der Waals surface area contributed by atoms with Crippen LogP contribution < -0.4 is 4.90 Å². The number of anilines is 1. The fraction of sp³-hybridized carbons (Fsp3) is 0.316. The van der Waals surface area contributed by atoms with E-state index in [1.54, 1.807) is 4.90 Å². The Morgan fingerprint density at radius 1 is 1.13 bits per heavy atom. The molecule has 2 atom stereocenters. The zero-order chi connectivity index (χ0) is 16.4. The number of hydrogen-bond acceptors (Lipinski definition) is 3. The summed E-state index contributed by atoms with van der Waals surface area (Å²) in [6.45, 7) is 2.51. The summed E-state index contributed by atoms with van der Waals surface area (Å²) in [6, 6.07) is 17.7. The van der Waals surface area contributed by atoms with E-state index in [1.165, 1.54) is 0 Å². The van der Waals surface area contributed by atoms with Crippen LogP contribution in [0.3, 0.4) is 0 Å². The van der Waals surface area contributed by atoms with E-state index in [0.29, 0.717) is 12.1 Å². The van der Waals surface area contributed by atoms with Gasteiger partial charge in [-0.3, -0.25) is 4.79 Å². The molecule has 1 aliphatic heterocycles. The van der Waals surface area contributed by atoms with Crippen molar-refractivity contribution in [2.45, 2.75) is 19.3 Å². The van der Waals surface area contributed by atoms with Gasteiger partial charge in [0.05, 0.1) is 6.54 Å². The predicted octanol–water partition coefficient (Wildman–Crippen LogP) is 3.31. The van der Waals surface area contributed by atoms with Crippen LogP contribution in [-0.2, 0) is 4.74 Å². The van der Waals surface area contributed by atoms with Gasteiger partial charge in [0.2, 0.25) is 0 Å².